The average Bonchev–Trinajstić information content (AvgIpc) is 2.36. The highest BCUT2D eigenvalue weighted by Crippen LogP contribution is 2.37. The van der Waals surface area contributed by atoms with E-state index in [9.17, 15) is 14.3 Å². The molecule has 0 radical (unpaired) electrons. The molecule has 0 aliphatic heterocycles. The summed E-state index contributed by atoms with van der Waals surface area (Å²) in [6.07, 6.45) is 4.56. The fourth-order valence-corrected chi connectivity index (χ4v) is 3.42. The molecule has 0 aromatic heterocycles. The standard InChI is InChI=1S/C13H15N3O3S/c1-20(19)13(5-2-6-13)9-15-12-4-3-11(16(17)18)7-10(12)8-14/h3-4,7,15H,2,5-6,9H2,1H3/t20-/m1/s1. The van der Waals surface area contributed by atoms with Crippen LogP contribution in [-0.4, -0.2) is 26.7 Å². The predicted molar refractivity (Wildman–Crippen MR) is 76.9 cm³/mol. The van der Waals surface area contributed by atoms with Crippen LogP contribution in [0.2, 0.25) is 0 Å². The minimum absolute atomic E-state index is 0.107. The van der Waals surface area contributed by atoms with Gasteiger partial charge in [0.25, 0.3) is 5.69 Å². The lowest BCUT2D eigenvalue weighted by atomic mass is 9.84. The first-order valence-electron chi connectivity index (χ1n) is 6.24. The summed E-state index contributed by atoms with van der Waals surface area (Å²) in [7, 11) is -0.930. The molecule has 1 N–H and O–H groups in total. The topological polar surface area (TPSA) is 96.0 Å². The smallest absolute Gasteiger partial charge is 0.270 e. The normalized spacial score (nSPS) is 17.6. The van der Waals surface area contributed by atoms with E-state index in [0.717, 1.165) is 19.3 Å². The summed E-state index contributed by atoms with van der Waals surface area (Å²) in [5.74, 6) is 0. The van der Waals surface area contributed by atoms with Gasteiger partial charge in [-0.05, 0) is 18.9 Å². The Balaban J connectivity index is 2.16. The van der Waals surface area contributed by atoms with E-state index in [-0.39, 0.29) is 16.0 Å². The fourth-order valence-electron chi connectivity index (χ4n) is 2.29. The van der Waals surface area contributed by atoms with Crippen molar-refractivity contribution >= 4 is 22.2 Å². The zero-order chi connectivity index (χ0) is 14.8. The monoisotopic (exact) mass is 293 g/mol. The molecule has 0 heterocycles. The summed E-state index contributed by atoms with van der Waals surface area (Å²) in [5, 5.41) is 22.9. The highest BCUT2D eigenvalue weighted by molar-refractivity contribution is 7.85. The van der Waals surface area contributed by atoms with Crippen molar-refractivity contribution in [3.8, 4) is 6.07 Å². The molecule has 7 heteroatoms. The van der Waals surface area contributed by atoms with Crippen LogP contribution >= 0.6 is 0 Å². The third-order valence-electron chi connectivity index (χ3n) is 3.81. The zero-order valence-electron chi connectivity index (χ0n) is 11.1. The Bertz CT molecular complexity index is 605. The summed E-state index contributed by atoms with van der Waals surface area (Å²) in [5.41, 5.74) is 0.676. The average molecular weight is 293 g/mol. The van der Waals surface area contributed by atoms with E-state index >= 15 is 0 Å². The van der Waals surface area contributed by atoms with Crippen LogP contribution in [0, 0.1) is 21.4 Å². The van der Waals surface area contributed by atoms with E-state index in [1.165, 1.54) is 18.2 Å². The van der Waals surface area contributed by atoms with Crippen molar-refractivity contribution in [2.75, 3.05) is 18.1 Å². The Morgan fingerprint density at radius 3 is 2.70 bits per heavy atom. The highest BCUT2D eigenvalue weighted by atomic mass is 32.2. The van der Waals surface area contributed by atoms with Gasteiger partial charge < -0.3 is 5.32 Å². The zero-order valence-corrected chi connectivity index (χ0v) is 11.9. The molecule has 20 heavy (non-hydrogen) atoms. The predicted octanol–water partition coefficient (Wildman–Crippen LogP) is 2.18. The quantitative estimate of drug-likeness (QED) is 0.663. The maximum absolute atomic E-state index is 11.8. The molecule has 1 atom stereocenters. The van der Waals surface area contributed by atoms with Crippen LogP contribution in [0.3, 0.4) is 0 Å². The second-order valence-corrected chi connectivity index (χ2v) is 6.72. The molecule has 0 amide bonds. The second kappa shape index (κ2) is 5.59. The molecular formula is C13H15N3O3S. The van der Waals surface area contributed by atoms with Gasteiger partial charge in [-0.25, -0.2) is 0 Å². The van der Waals surface area contributed by atoms with Gasteiger partial charge in [0.05, 0.1) is 20.9 Å². The van der Waals surface area contributed by atoms with Gasteiger partial charge in [-0.15, -0.1) is 0 Å². The second-order valence-electron chi connectivity index (χ2n) is 4.94. The maximum Gasteiger partial charge on any atom is 0.270 e. The summed E-state index contributed by atoms with van der Waals surface area (Å²) in [6, 6.07) is 6.09. The number of benzene rings is 1. The number of non-ortho nitro benzene ring substituents is 1. The van der Waals surface area contributed by atoms with Crippen LogP contribution in [0.15, 0.2) is 18.2 Å². The van der Waals surface area contributed by atoms with Crippen molar-refractivity contribution in [1.29, 1.82) is 5.26 Å². The molecule has 1 aromatic carbocycles. The van der Waals surface area contributed by atoms with Crippen LogP contribution < -0.4 is 5.32 Å². The van der Waals surface area contributed by atoms with E-state index in [1.54, 1.807) is 6.26 Å². The van der Waals surface area contributed by atoms with Gasteiger partial charge in [-0.2, -0.15) is 5.26 Å². The van der Waals surface area contributed by atoms with Crippen molar-refractivity contribution < 1.29 is 9.13 Å². The number of hydrogen-bond acceptors (Lipinski definition) is 5. The van der Waals surface area contributed by atoms with Crippen LogP contribution in [0.5, 0.6) is 0 Å². The Morgan fingerprint density at radius 2 is 2.25 bits per heavy atom. The largest absolute Gasteiger partial charge is 0.382 e. The lowest BCUT2D eigenvalue weighted by Crippen LogP contribution is -2.47. The lowest BCUT2D eigenvalue weighted by Gasteiger charge is -2.40. The summed E-state index contributed by atoms with van der Waals surface area (Å²) >= 11 is 0. The molecule has 0 unspecified atom stereocenters. The minimum atomic E-state index is -0.930. The maximum atomic E-state index is 11.8. The van der Waals surface area contributed by atoms with Crippen molar-refractivity contribution in [2.45, 2.75) is 24.0 Å². The first-order valence-corrected chi connectivity index (χ1v) is 7.80. The molecule has 1 saturated carbocycles. The van der Waals surface area contributed by atoms with Crippen molar-refractivity contribution in [3.63, 3.8) is 0 Å². The Kier molecular flexibility index (Phi) is 4.04. The van der Waals surface area contributed by atoms with Crippen molar-refractivity contribution in [2.24, 2.45) is 0 Å². The van der Waals surface area contributed by atoms with Crippen LogP contribution in [0.25, 0.3) is 0 Å². The van der Waals surface area contributed by atoms with Gasteiger partial charge >= 0.3 is 0 Å². The number of nitro groups is 1. The molecule has 2 rings (SSSR count). The third-order valence-corrected chi connectivity index (χ3v) is 5.58. The molecule has 0 spiro atoms. The van der Waals surface area contributed by atoms with Gasteiger partial charge in [0.2, 0.25) is 0 Å². The molecular weight excluding hydrogens is 278 g/mol. The number of nitriles is 1. The Hall–Kier alpha value is -1.94. The van der Waals surface area contributed by atoms with Gasteiger partial charge in [-0.3, -0.25) is 14.3 Å². The van der Waals surface area contributed by atoms with Crippen LogP contribution in [-0.2, 0) is 10.8 Å². The van der Waals surface area contributed by atoms with E-state index in [1.807, 2.05) is 6.07 Å². The Morgan fingerprint density at radius 1 is 1.55 bits per heavy atom. The molecule has 6 nitrogen and oxygen atoms in total. The molecule has 1 fully saturated rings. The molecule has 1 aromatic rings. The molecule has 1 aliphatic carbocycles. The number of rotatable bonds is 5. The molecule has 0 bridgehead atoms. The molecule has 1 aliphatic rings. The number of hydrogen-bond donors (Lipinski definition) is 1. The van der Waals surface area contributed by atoms with Crippen LogP contribution in [0.1, 0.15) is 24.8 Å². The van der Waals surface area contributed by atoms with Gasteiger partial charge in [0, 0.05) is 35.7 Å². The van der Waals surface area contributed by atoms with Crippen molar-refractivity contribution in [3.05, 3.63) is 33.9 Å². The Labute approximate surface area is 119 Å². The summed E-state index contributed by atoms with van der Waals surface area (Å²) in [6.45, 7) is 0.516. The van der Waals surface area contributed by atoms with E-state index < -0.39 is 15.7 Å². The molecule has 0 saturated heterocycles. The van der Waals surface area contributed by atoms with Gasteiger partial charge in [-0.1, -0.05) is 6.42 Å². The van der Waals surface area contributed by atoms with E-state index in [4.69, 9.17) is 5.26 Å². The fraction of sp³-hybridized carbons (Fsp3) is 0.462. The van der Waals surface area contributed by atoms with Gasteiger partial charge in [0.1, 0.15) is 6.07 Å². The summed E-state index contributed by atoms with van der Waals surface area (Å²) in [4.78, 5) is 10.1. The van der Waals surface area contributed by atoms with E-state index in [0.29, 0.717) is 12.2 Å². The minimum Gasteiger partial charge on any atom is -0.382 e. The lowest BCUT2D eigenvalue weighted by molar-refractivity contribution is -0.384. The molecule has 106 valence electrons. The number of nitro benzene ring substituents is 1. The number of anilines is 1. The van der Waals surface area contributed by atoms with Crippen LogP contribution in [0.4, 0.5) is 11.4 Å². The SMILES string of the molecule is C[S@@](=O)C1(CNc2ccc([N+](=O)[O-])cc2C#N)CCC1. The van der Waals surface area contributed by atoms with E-state index in [2.05, 4.69) is 5.32 Å². The number of nitrogens with one attached hydrogen (secondary N) is 1. The third kappa shape index (κ3) is 2.65. The highest BCUT2D eigenvalue weighted by Gasteiger charge is 2.40. The first-order chi connectivity index (χ1) is 9.48. The van der Waals surface area contributed by atoms with Gasteiger partial charge in [0.15, 0.2) is 0 Å². The summed E-state index contributed by atoms with van der Waals surface area (Å²) < 4.78 is 11.6. The number of nitrogens with zero attached hydrogens (tertiary/aromatic N) is 2. The first kappa shape index (κ1) is 14.5. The van der Waals surface area contributed by atoms with Crippen molar-refractivity contribution in [1.82, 2.24) is 0 Å².